The molecule has 0 saturated heterocycles. The molecular weight excluding hydrogens is 272 g/mol. The molecule has 1 aliphatic rings. The van der Waals surface area contributed by atoms with Crippen molar-refractivity contribution in [1.29, 1.82) is 0 Å². The van der Waals surface area contributed by atoms with Gasteiger partial charge in [0.05, 0.1) is 0 Å². The molecule has 4 N–H and O–H groups in total. The van der Waals surface area contributed by atoms with E-state index in [0.29, 0.717) is 15.8 Å². The zero-order valence-electron chi connectivity index (χ0n) is 12.2. The van der Waals surface area contributed by atoms with Crippen molar-refractivity contribution >= 4 is 28.2 Å². The molecule has 20 heavy (non-hydrogen) atoms. The minimum absolute atomic E-state index is 0.0779. The Morgan fingerprint density at radius 3 is 2.95 bits per heavy atom. The van der Waals surface area contributed by atoms with Crippen molar-refractivity contribution in [3.05, 3.63) is 4.88 Å². The maximum Gasteiger partial charge on any atom is 0.265 e. The zero-order valence-corrected chi connectivity index (χ0v) is 13.1. The highest BCUT2D eigenvalue weighted by Crippen LogP contribution is 2.28. The summed E-state index contributed by atoms with van der Waals surface area (Å²) in [4.78, 5) is 17.0. The highest BCUT2D eigenvalue weighted by molar-refractivity contribution is 7.18. The van der Waals surface area contributed by atoms with Gasteiger partial charge in [0.25, 0.3) is 5.91 Å². The number of amides is 1. The number of nitrogens with zero attached hydrogens (tertiary/aromatic N) is 1. The first-order valence-electron chi connectivity index (χ1n) is 7.45. The molecule has 2 atom stereocenters. The van der Waals surface area contributed by atoms with Crippen molar-refractivity contribution in [1.82, 2.24) is 10.3 Å². The summed E-state index contributed by atoms with van der Waals surface area (Å²) >= 11 is 1.33. The molecule has 1 heterocycles. The minimum Gasteiger partial charge on any atom is -0.382 e. The van der Waals surface area contributed by atoms with Crippen LogP contribution in [0.15, 0.2) is 0 Å². The van der Waals surface area contributed by atoms with Crippen molar-refractivity contribution in [2.24, 2.45) is 5.92 Å². The van der Waals surface area contributed by atoms with Crippen LogP contribution in [0, 0.1) is 5.92 Å². The second-order valence-electron chi connectivity index (χ2n) is 5.37. The molecule has 1 aliphatic carbocycles. The van der Waals surface area contributed by atoms with Gasteiger partial charge in [-0.25, -0.2) is 4.98 Å². The van der Waals surface area contributed by atoms with Gasteiger partial charge in [-0.05, 0) is 25.7 Å². The van der Waals surface area contributed by atoms with E-state index in [-0.39, 0.29) is 11.9 Å². The van der Waals surface area contributed by atoms with Crippen LogP contribution in [0.25, 0.3) is 0 Å². The van der Waals surface area contributed by atoms with Crippen LogP contribution in [0.2, 0.25) is 0 Å². The van der Waals surface area contributed by atoms with Gasteiger partial charge in [-0.15, -0.1) is 0 Å². The Labute approximate surface area is 124 Å². The lowest BCUT2D eigenvalue weighted by molar-refractivity contribution is 0.0924. The standard InChI is InChI=1S/C14H24N4OS/c1-3-9-6-5-7-10(8-9)17-13(19)11-12(15)18-14(20-11)16-4-2/h9-10H,3-8,15H2,1-2H3,(H,16,18)(H,17,19). The van der Waals surface area contributed by atoms with E-state index in [2.05, 4.69) is 22.5 Å². The molecule has 112 valence electrons. The van der Waals surface area contributed by atoms with Crippen LogP contribution in [0.1, 0.15) is 55.6 Å². The Hall–Kier alpha value is -1.30. The smallest absolute Gasteiger partial charge is 0.265 e. The van der Waals surface area contributed by atoms with Gasteiger partial charge in [0.1, 0.15) is 10.7 Å². The molecule has 0 spiro atoms. The van der Waals surface area contributed by atoms with E-state index in [4.69, 9.17) is 5.73 Å². The van der Waals surface area contributed by atoms with Crippen molar-refractivity contribution in [3.8, 4) is 0 Å². The van der Waals surface area contributed by atoms with E-state index in [0.717, 1.165) is 25.3 Å². The molecule has 1 aromatic heterocycles. The molecule has 1 saturated carbocycles. The van der Waals surface area contributed by atoms with Gasteiger partial charge < -0.3 is 16.4 Å². The summed E-state index contributed by atoms with van der Waals surface area (Å²) in [5.41, 5.74) is 5.83. The third-order valence-corrected chi connectivity index (χ3v) is 4.91. The molecule has 2 rings (SSSR count). The predicted molar refractivity (Wildman–Crippen MR) is 84.2 cm³/mol. The fourth-order valence-electron chi connectivity index (χ4n) is 2.77. The third kappa shape index (κ3) is 3.62. The molecular formula is C14H24N4OS. The average molecular weight is 296 g/mol. The number of rotatable bonds is 5. The van der Waals surface area contributed by atoms with Gasteiger partial charge in [0.15, 0.2) is 5.13 Å². The van der Waals surface area contributed by atoms with E-state index in [1.807, 2.05) is 6.92 Å². The molecule has 0 aromatic carbocycles. The van der Waals surface area contributed by atoms with Crippen LogP contribution in [0.4, 0.5) is 10.9 Å². The van der Waals surface area contributed by atoms with E-state index in [1.54, 1.807) is 0 Å². The summed E-state index contributed by atoms with van der Waals surface area (Å²) in [6.45, 7) is 4.98. The number of aromatic nitrogens is 1. The highest BCUT2D eigenvalue weighted by Gasteiger charge is 2.24. The number of hydrogen-bond donors (Lipinski definition) is 3. The van der Waals surface area contributed by atoms with Crippen LogP contribution in [-0.2, 0) is 0 Å². The summed E-state index contributed by atoms with van der Waals surface area (Å²) < 4.78 is 0. The summed E-state index contributed by atoms with van der Waals surface area (Å²) in [6, 6.07) is 0.283. The van der Waals surface area contributed by atoms with E-state index in [1.165, 1.54) is 30.6 Å². The summed E-state index contributed by atoms with van der Waals surface area (Å²) in [6.07, 6.45) is 5.84. The number of carbonyl (C=O) groups is 1. The lowest BCUT2D eigenvalue weighted by Gasteiger charge is -2.28. The summed E-state index contributed by atoms with van der Waals surface area (Å²) in [5, 5.41) is 6.92. The molecule has 1 fully saturated rings. The second kappa shape index (κ2) is 6.92. The summed E-state index contributed by atoms with van der Waals surface area (Å²) in [7, 11) is 0. The fourth-order valence-corrected chi connectivity index (χ4v) is 3.62. The van der Waals surface area contributed by atoms with E-state index >= 15 is 0 Å². The molecule has 1 aromatic rings. The number of anilines is 2. The van der Waals surface area contributed by atoms with Gasteiger partial charge in [-0.3, -0.25) is 4.79 Å². The van der Waals surface area contributed by atoms with Crippen LogP contribution in [0.5, 0.6) is 0 Å². The highest BCUT2D eigenvalue weighted by atomic mass is 32.1. The zero-order chi connectivity index (χ0) is 14.5. The quantitative estimate of drug-likeness (QED) is 0.780. The van der Waals surface area contributed by atoms with Gasteiger partial charge in [-0.2, -0.15) is 0 Å². The molecule has 2 unspecified atom stereocenters. The average Bonchev–Trinajstić information content (AvgIpc) is 2.80. The Kier molecular flexibility index (Phi) is 5.23. The number of hydrogen-bond acceptors (Lipinski definition) is 5. The maximum atomic E-state index is 12.3. The lowest BCUT2D eigenvalue weighted by Crippen LogP contribution is -2.38. The Morgan fingerprint density at radius 1 is 1.45 bits per heavy atom. The largest absolute Gasteiger partial charge is 0.382 e. The SMILES string of the molecule is CCNc1nc(N)c(C(=O)NC2CCCC(CC)C2)s1. The van der Waals surface area contributed by atoms with Crippen LogP contribution >= 0.6 is 11.3 Å². The first kappa shape index (κ1) is 15.1. The second-order valence-corrected chi connectivity index (χ2v) is 6.37. The number of nitrogens with one attached hydrogen (secondary N) is 2. The molecule has 0 radical (unpaired) electrons. The lowest BCUT2D eigenvalue weighted by atomic mass is 9.84. The molecule has 5 nitrogen and oxygen atoms in total. The van der Waals surface area contributed by atoms with E-state index in [9.17, 15) is 4.79 Å². The Morgan fingerprint density at radius 2 is 2.25 bits per heavy atom. The van der Waals surface area contributed by atoms with Crippen molar-refractivity contribution in [2.45, 2.75) is 52.0 Å². The topological polar surface area (TPSA) is 80.0 Å². The maximum absolute atomic E-state index is 12.3. The number of carbonyl (C=O) groups excluding carboxylic acids is 1. The van der Waals surface area contributed by atoms with Crippen molar-refractivity contribution < 1.29 is 4.79 Å². The van der Waals surface area contributed by atoms with Gasteiger partial charge in [0, 0.05) is 12.6 Å². The number of thiazole rings is 1. The van der Waals surface area contributed by atoms with E-state index < -0.39 is 0 Å². The van der Waals surface area contributed by atoms with Gasteiger partial charge in [-0.1, -0.05) is 37.5 Å². The molecule has 1 amide bonds. The van der Waals surface area contributed by atoms with Crippen LogP contribution in [0.3, 0.4) is 0 Å². The summed E-state index contributed by atoms with van der Waals surface area (Å²) in [5.74, 6) is 0.988. The third-order valence-electron chi connectivity index (χ3n) is 3.88. The predicted octanol–water partition coefficient (Wildman–Crippen LogP) is 2.86. The Balaban J connectivity index is 1.97. The van der Waals surface area contributed by atoms with Crippen molar-refractivity contribution in [3.63, 3.8) is 0 Å². The minimum atomic E-state index is -0.0779. The Bertz CT molecular complexity index is 460. The monoisotopic (exact) mass is 296 g/mol. The first-order valence-corrected chi connectivity index (χ1v) is 8.26. The molecule has 0 aliphatic heterocycles. The van der Waals surface area contributed by atoms with Gasteiger partial charge >= 0.3 is 0 Å². The molecule has 6 heteroatoms. The van der Waals surface area contributed by atoms with Crippen LogP contribution in [-0.4, -0.2) is 23.5 Å². The fraction of sp³-hybridized carbons (Fsp3) is 0.714. The first-order chi connectivity index (χ1) is 9.63. The number of nitrogens with two attached hydrogens (primary N) is 1. The van der Waals surface area contributed by atoms with Gasteiger partial charge in [0.2, 0.25) is 0 Å². The molecule has 0 bridgehead atoms. The number of nitrogen functional groups attached to an aromatic ring is 1. The van der Waals surface area contributed by atoms with Crippen LogP contribution < -0.4 is 16.4 Å². The normalized spacial score (nSPS) is 22.5. The van der Waals surface area contributed by atoms with Crippen molar-refractivity contribution in [2.75, 3.05) is 17.6 Å².